The molecule has 6 nitrogen and oxygen atoms in total. The van der Waals surface area contributed by atoms with Crippen molar-refractivity contribution in [2.75, 3.05) is 0 Å². The van der Waals surface area contributed by atoms with Gasteiger partial charge in [0.25, 0.3) is 5.56 Å². The lowest BCUT2D eigenvalue weighted by molar-refractivity contribution is -0.138. The first-order chi connectivity index (χ1) is 17.9. The fourth-order valence-electron chi connectivity index (χ4n) is 2.52. The minimum Gasteiger partial charge on any atom is -0.433 e. The van der Waals surface area contributed by atoms with E-state index in [1.54, 1.807) is 6.92 Å². The molecule has 4 aromatic rings. The SMILES string of the molecule is Cc1cc(=O)[nH][nH]1.Cc1cc(Oc2c(F)cc(C(F)(F)F)cc2Cl)n[nH]1.Fc1cc(C(F)(F)F)cc(Cl)c1F. The van der Waals surface area contributed by atoms with Gasteiger partial charge in [-0.25, -0.2) is 13.2 Å². The second-order valence-electron chi connectivity index (χ2n) is 7.45. The Morgan fingerprint density at radius 2 is 1.28 bits per heavy atom. The summed E-state index contributed by atoms with van der Waals surface area (Å²) in [6.45, 7) is 3.50. The summed E-state index contributed by atoms with van der Waals surface area (Å²) in [6.07, 6.45) is -9.40. The smallest absolute Gasteiger partial charge is 0.416 e. The number of nitrogens with one attached hydrogen (secondary N) is 3. The lowest BCUT2D eigenvalue weighted by Crippen LogP contribution is -2.06. The second-order valence-corrected chi connectivity index (χ2v) is 8.27. The molecule has 0 unspecified atom stereocenters. The predicted molar refractivity (Wildman–Crippen MR) is 122 cm³/mol. The maximum atomic E-state index is 13.6. The summed E-state index contributed by atoms with van der Waals surface area (Å²) < 4.78 is 117. The molecule has 0 saturated heterocycles. The standard InChI is InChI=1S/C11H7ClF4N2O.C7H2ClF5.C4H6N2O/c1-5-2-9(18-17-5)19-10-7(12)3-6(4-8(10)13)11(14,15)16;8-4-1-3(7(11,12)13)2-5(9)6(4)10;1-3-2-4(7)6-5-3/h2-4H,1H3,(H,17,18);1-2H;2H,1H3,(H2,5,6,7). The average Bonchev–Trinajstić information content (AvgIpc) is 3.40. The highest BCUT2D eigenvalue weighted by Gasteiger charge is 2.33. The Balaban J connectivity index is 0.000000229. The van der Waals surface area contributed by atoms with Gasteiger partial charge < -0.3 is 9.84 Å². The van der Waals surface area contributed by atoms with Gasteiger partial charge >= 0.3 is 12.4 Å². The van der Waals surface area contributed by atoms with Gasteiger partial charge in [0, 0.05) is 23.5 Å². The molecule has 0 amide bonds. The number of aromatic amines is 3. The van der Waals surface area contributed by atoms with Crippen molar-refractivity contribution in [3.63, 3.8) is 0 Å². The number of hydrogen-bond donors (Lipinski definition) is 3. The van der Waals surface area contributed by atoms with Crippen molar-refractivity contribution in [2.24, 2.45) is 0 Å². The second kappa shape index (κ2) is 12.5. The minimum absolute atomic E-state index is 0.0121. The number of aromatic nitrogens is 4. The van der Waals surface area contributed by atoms with Crippen molar-refractivity contribution < 1.29 is 44.3 Å². The zero-order valence-corrected chi connectivity index (χ0v) is 20.9. The molecule has 0 aliphatic carbocycles. The van der Waals surface area contributed by atoms with Crippen molar-refractivity contribution >= 4 is 23.2 Å². The average molecular weight is 609 g/mol. The molecule has 0 aliphatic heterocycles. The maximum Gasteiger partial charge on any atom is 0.416 e. The van der Waals surface area contributed by atoms with Crippen LogP contribution in [0.3, 0.4) is 0 Å². The molecule has 0 saturated carbocycles. The molecule has 39 heavy (non-hydrogen) atoms. The van der Waals surface area contributed by atoms with E-state index in [-0.39, 0.29) is 17.5 Å². The van der Waals surface area contributed by atoms with Crippen LogP contribution >= 0.6 is 23.2 Å². The summed E-state index contributed by atoms with van der Waals surface area (Å²) in [5, 5.41) is 9.87. The zero-order chi connectivity index (χ0) is 29.7. The van der Waals surface area contributed by atoms with Crippen LogP contribution in [0.4, 0.5) is 39.5 Å². The molecule has 3 N–H and O–H groups in total. The van der Waals surface area contributed by atoms with Crippen molar-refractivity contribution in [1.29, 1.82) is 0 Å². The van der Waals surface area contributed by atoms with Crippen molar-refractivity contribution in [2.45, 2.75) is 26.2 Å². The monoisotopic (exact) mass is 608 g/mol. The maximum absolute atomic E-state index is 13.6. The molecule has 2 heterocycles. The van der Waals surface area contributed by atoms with Crippen LogP contribution in [-0.4, -0.2) is 20.4 Å². The number of halogens is 11. The first kappa shape index (κ1) is 31.6. The number of aryl methyl sites for hydroxylation is 2. The van der Waals surface area contributed by atoms with Gasteiger partial charge in [-0.2, -0.15) is 26.3 Å². The third kappa shape index (κ3) is 9.28. The zero-order valence-electron chi connectivity index (χ0n) is 19.4. The molecular formula is C22H15Cl2F9N4O2. The van der Waals surface area contributed by atoms with Gasteiger partial charge in [0.05, 0.1) is 21.2 Å². The Hall–Kier alpha value is -3.59. The molecule has 0 bridgehead atoms. The summed E-state index contributed by atoms with van der Waals surface area (Å²) in [7, 11) is 0. The van der Waals surface area contributed by atoms with Gasteiger partial charge in [-0.15, -0.1) is 5.10 Å². The highest BCUT2D eigenvalue weighted by atomic mass is 35.5. The van der Waals surface area contributed by atoms with Crippen molar-refractivity contribution in [3.05, 3.63) is 96.8 Å². The number of rotatable bonds is 2. The number of H-pyrrole nitrogens is 3. The minimum atomic E-state index is -4.72. The number of alkyl halides is 6. The van der Waals surface area contributed by atoms with Crippen LogP contribution in [0.25, 0.3) is 0 Å². The molecule has 4 rings (SSSR count). The van der Waals surface area contributed by atoms with Crippen molar-refractivity contribution in [1.82, 2.24) is 20.4 Å². The first-order valence-electron chi connectivity index (χ1n) is 10.1. The number of hydrogen-bond acceptors (Lipinski definition) is 3. The van der Waals surface area contributed by atoms with Crippen LogP contribution in [0.2, 0.25) is 10.0 Å². The molecule has 212 valence electrons. The van der Waals surface area contributed by atoms with E-state index in [1.807, 2.05) is 6.92 Å². The molecule has 0 fully saturated rings. The van der Waals surface area contributed by atoms with E-state index in [4.69, 9.17) is 27.9 Å². The summed E-state index contributed by atoms with van der Waals surface area (Å²) in [5.74, 6) is -4.78. The number of ether oxygens (including phenoxy) is 1. The summed E-state index contributed by atoms with van der Waals surface area (Å²) >= 11 is 10.6. The Labute approximate surface area is 222 Å². The van der Waals surface area contributed by atoms with Crippen LogP contribution in [-0.2, 0) is 12.4 Å². The van der Waals surface area contributed by atoms with Gasteiger partial charge in [0.2, 0.25) is 5.88 Å². The highest BCUT2D eigenvalue weighted by Crippen LogP contribution is 2.38. The number of benzene rings is 2. The topological polar surface area (TPSA) is 86.6 Å². The summed E-state index contributed by atoms with van der Waals surface area (Å²) in [6, 6.07) is 4.26. The van der Waals surface area contributed by atoms with E-state index in [2.05, 4.69) is 20.4 Å². The third-order valence-electron chi connectivity index (χ3n) is 4.26. The fraction of sp³-hybridized carbons (Fsp3) is 0.182. The van der Waals surface area contributed by atoms with Gasteiger partial charge in [-0.1, -0.05) is 23.2 Å². The van der Waals surface area contributed by atoms with Gasteiger partial charge in [-0.3, -0.25) is 15.0 Å². The van der Waals surface area contributed by atoms with Crippen LogP contribution in [0.1, 0.15) is 22.5 Å². The van der Waals surface area contributed by atoms with Crippen molar-refractivity contribution in [3.8, 4) is 11.6 Å². The van der Waals surface area contributed by atoms with E-state index in [1.165, 1.54) is 12.1 Å². The molecule has 0 aliphatic rings. The van der Waals surface area contributed by atoms with Crippen LogP contribution < -0.4 is 10.3 Å². The molecule has 0 spiro atoms. The third-order valence-corrected chi connectivity index (χ3v) is 4.81. The largest absolute Gasteiger partial charge is 0.433 e. The van der Waals surface area contributed by atoms with Gasteiger partial charge in [0.15, 0.2) is 23.2 Å². The normalized spacial score (nSPS) is 11.3. The van der Waals surface area contributed by atoms with Gasteiger partial charge in [0.1, 0.15) is 0 Å². The Morgan fingerprint density at radius 3 is 1.64 bits per heavy atom. The lowest BCUT2D eigenvalue weighted by Gasteiger charge is -2.10. The molecule has 2 aromatic heterocycles. The highest BCUT2D eigenvalue weighted by molar-refractivity contribution is 6.32. The Morgan fingerprint density at radius 1 is 0.744 bits per heavy atom. The van der Waals surface area contributed by atoms with Crippen LogP contribution in [0, 0.1) is 31.3 Å². The fourth-order valence-corrected chi connectivity index (χ4v) is 2.97. The predicted octanol–water partition coefficient (Wildman–Crippen LogP) is 7.97. The van der Waals surface area contributed by atoms with E-state index >= 15 is 0 Å². The van der Waals surface area contributed by atoms with E-state index in [9.17, 15) is 44.3 Å². The lowest BCUT2D eigenvalue weighted by atomic mass is 10.2. The van der Waals surface area contributed by atoms with E-state index in [0.29, 0.717) is 23.9 Å². The van der Waals surface area contributed by atoms with Gasteiger partial charge in [-0.05, 0) is 38.1 Å². The van der Waals surface area contributed by atoms with E-state index in [0.717, 1.165) is 5.69 Å². The summed E-state index contributed by atoms with van der Waals surface area (Å²) in [4.78, 5) is 10.2. The Kier molecular flexibility index (Phi) is 10.1. The molecule has 0 atom stereocenters. The molecule has 17 heteroatoms. The summed E-state index contributed by atoms with van der Waals surface area (Å²) in [5.41, 5.74) is -1.04. The molecule has 2 aromatic carbocycles. The molecule has 0 radical (unpaired) electrons. The first-order valence-corrected chi connectivity index (χ1v) is 10.9. The molecular weight excluding hydrogens is 594 g/mol. The van der Waals surface area contributed by atoms with Crippen LogP contribution in [0.5, 0.6) is 11.6 Å². The Bertz CT molecular complexity index is 1430. The van der Waals surface area contributed by atoms with Crippen LogP contribution in [0.15, 0.2) is 41.2 Å². The quantitative estimate of drug-likeness (QED) is 0.159. The number of nitrogens with zero attached hydrogens (tertiary/aromatic N) is 1. The van der Waals surface area contributed by atoms with E-state index < -0.39 is 56.7 Å².